The highest BCUT2D eigenvalue weighted by Gasteiger charge is 2.18. The van der Waals surface area contributed by atoms with Gasteiger partial charge in [-0.15, -0.1) is 0 Å². The van der Waals surface area contributed by atoms with E-state index >= 15 is 0 Å². The molecular weight excluding hydrogens is 531 g/mol. The summed E-state index contributed by atoms with van der Waals surface area (Å²) < 4.78 is 16.9. The topological polar surface area (TPSA) is 97.3 Å². The van der Waals surface area contributed by atoms with E-state index < -0.39 is 12.1 Å². The van der Waals surface area contributed by atoms with E-state index in [2.05, 4.69) is 5.32 Å². The van der Waals surface area contributed by atoms with Crippen molar-refractivity contribution in [2.45, 2.75) is 46.3 Å². The molecule has 0 aliphatic heterocycles. The number of carbonyl (C=O) groups is 2. The molecule has 2 aromatic carbocycles. The highest BCUT2D eigenvalue weighted by Crippen LogP contribution is 2.19. The predicted octanol–water partition coefficient (Wildman–Crippen LogP) is 5.68. The first-order chi connectivity index (χ1) is 18.2. The summed E-state index contributed by atoms with van der Waals surface area (Å²) in [5.74, 6) is -0.00256. The van der Waals surface area contributed by atoms with E-state index in [0.717, 1.165) is 11.1 Å². The van der Waals surface area contributed by atoms with E-state index in [0.29, 0.717) is 74.2 Å². The number of nitrogens with zero attached hydrogens (tertiary/aromatic N) is 1. The molecule has 0 radical (unpaired) electrons. The van der Waals surface area contributed by atoms with Crippen LogP contribution < -0.4 is 10.1 Å². The monoisotopic (exact) mass is 568 g/mol. The molecule has 0 aromatic heterocycles. The van der Waals surface area contributed by atoms with Crippen molar-refractivity contribution in [1.29, 1.82) is 0 Å². The number of nitrogens with one attached hydrogen (secondary N) is 1. The highest BCUT2D eigenvalue weighted by atomic mass is 35.5. The molecule has 1 unspecified atom stereocenters. The Morgan fingerprint density at radius 1 is 1.00 bits per heavy atom. The third kappa shape index (κ3) is 12.3. The van der Waals surface area contributed by atoms with Crippen LogP contribution in [0.1, 0.15) is 38.3 Å². The molecule has 210 valence electrons. The van der Waals surface area contributed by atoms with Gasteiger partial charge in [0.05, 0.1) is 13.2 Å². The third-order valence-electron chi connectivity index (χ3n) is 5.47. The molecule has 0 saturated heterocycles. The number of rotatable bonds is 17. The van der Waals surface area contributed by atoms with Gasteiger partial charge < -0.3 is 29.5 Å². The van der Waals surface area contributed by atoms with Crippen molar-refractivity contribution in [2.75, 3.05) is 39.5 Å². The van der Waals surface area contributed by atoms with Crippen LogP contribution >= 0.6 is 23.2 Å². The molecular formula is C28H38Cl2N2O6. The van der Waals surface area contributed by atoms with Gasteiger partial charge in [-0.25, -0.2) is 9.59 Å². The summed E-state index contributed by atoms with van der Waals surface area (Å²) in [4.78, 5) is 25.8. The van der Waals surface area contributed by atoms with Gasteiger partial charge in [0.15, 0.2) is 6.10 Å². The van der Waals surface area contributed by atoms with Crippen LogP contribution in [0, 0.1) is 5.92 Å². The fourth-order valence-corrected chi connectivity index (χ4v) is 4.16. The molecule has 38 heavy (non-hydrogen) atoms. The smallest absolute Gasteiger partial charge is 0.333 e. The van der Waals surface area contributed by atoms with Crippen molar-refractivity contribution in [3.05, 3.63) is 63.6 Å². The first-order valence-corrected chi connectivity index (χ1v) is 13.5. The average molecular weight is 570 g/mol. The second-order valence-electron chi connectivity index (χ2n) is 9.23. The Hall–Kier alpha value is -2.52. The van der Waals surface area contributed by atoms with Crippen LogP contribution in [0.15, 0.2) is 42.5 Å². The predicted molar refractivity (Wildman–Crippen MR) is 149 cm³/mol. The number of carboxylic acid groups (broad SMARTS) is 1. The summed E-state index contributed by atoms with van der Waals surface area (Å²) in [6, 6.07) is 12.4. The number of hydrogen-bond donors (Lipinski definition) is 2. The minimum absolute atomic E-state index is 0.144. The highest BCUT2D eigenvalue weighted by molar-refractivity contribution is 6.34. The average Bonchev–Trinajstić information content (AvgIpc) is 2.86. The van der Waals surface area contributed by atoms with Crippen molar-refractivity contribution in [3.8, 4) is 5.75 Å². The molecule has 10 heteroatoms. The largest absolute Gasteiger partial charge is 0.492 e. The summed E-state index contributed by atoms with van der Waals surface area (Å²) in [6.45, 7) is 8.86. The molecule has 0 aliphatic carbocycles. The molecule has 0 fully saturated rings. The second-order valence-corrected chi connectivity index (χ2v) is 10.1. The second kappa shape index (κ2) is 17.1. The lowest BCUT2D eigenvalue weighted by molar-refractivity contribution is -0.149. The minimum Gasteiger partial charge on any atom is -0.492 e. The normalized spacial score (nSPS) is 11.8. The molecule has 0 bridgehead atoms. The van der Waals surface area contributed by atoms with Crippen molar-refractivity contribution in [2.24, 2.45) is 5.92 Å². The number of amides is 2. The first kappa shape index (κ1) is 31.7. The van der Waals surface area contributed by atoms with Crippen molar-refractivity contribution < 1.29 is 28.9 Å². The third-order valence-corrected chi connectivity index (χ3v) is 5.91. The van der Waals surface area contributed by atoms with Crippen LogP contribution in [-0.4, -0.2) is 67.6 Å². The Morgan fingerprint density at radius 3 is 2.29 bits per heavy atom. The number of halogens is 2. The maximum atomic E-state index is 12.7. The Bertz CT molecular complexity index is 983. The van der Waals surface area contributed by atoms with Crippen LogP contribution in [0.3, 0.4) is 0 Å². The number of urea groups is 1. The van der Waals surface area contributed by atoms with Crippen LogP contribution in [0.25, 0.3) is 0 Å². The van der Waals surface area contributed by atoms with Crippen molar-refractivity contribution >= 4 is 35.2 Å². The zero-order valence-corrected chi connectivity index (χ0v) is 23.8. The quantitative estimate of drug-likeness (QED) is 0.238. The maximum Gasteiger partial charge on any atom is 0.333 e. The van der Waals surface area contributed by atoms with E-state index in [1.54, 1.807) is 30.0 Å². The van der Waals surface area contributed by atoms with E-state index in [4.69, 9.17) is 37.4 Å². The fourth-order valence-electron chi connectivity index (χ4n) is 3.59. The molecule has 0 spiro atoms. The molecule has 2 aromatic rings. The molecule has 2 rings (SSSR count). The van der Waals surface area contributed by atoms with Gasteiger partial charge in [-0.1, -0.05) is 49.2 Å². The Morgan fingerprint density at radius 2 is 1.68 bits per heavy atom. The summed E-state index contributed by atoms with van der Waals surface area (Å²) in [6.07, 6.45) is 0.0551. The van der Waals surface area contributed by atoms with Gasteiger partial charge in [0, 0.05) is 42.8 Å². The van der Waals surface area contributed by atoms with Gasteiger partial charge in [0.2, 0.25) is 0 Å². The number of benzene rings is 2. The first-order valence-electron chi connectivity index (χ1n) is 12.8. The van der Waals surface area contributed by atoms with Gasteiger partial charge in [-0.3, -0.25) is 0 Å². The Balaban J connectivity index is 1.83. The van der Waals surface area contributed by atoms with E-state index in [1.165, 1.54) is 0 Å². The lowest BCUT2D eigenvalue weighted by Crippen LogP contribution is -2.44. The Kier molecular flexibility index (Phi) is 14.3. The fraction of sp³-hybridized carbons (Fsp3) is 0.500. The summed E-state index contributed by atoms with van der Waals surface area (Å²) in [5.41, 5.74) is 1.73. The minimum atomic E-state index is -0.984. The van der Waals surface area contributed by atoms with Gasteiger partial charge in [0.25, 0.3) is 0 Å². The number of aliphatic carboxylic acids is 1. The molecule has 2 amide bonds. The molecule has 0 saturated carbocycles. The van der Waals surface area contributed by atoms with Crippen LogP contribution in [0.4, 0.5) is 4.79 Å². The molecule has 8 nitrogen and oxygen atoms in total. The lowest BCUT2D eigenvalue weighted by atomic mass is 10.1. The van der Waals surface area contributed by atoms with E-state index in [1.807, 2.05) is 38.1 Å². The van der Waals surface area contributed by atoms with E-state index in [9.17, 15) is 14.7 Å². The molecule has 2 N–H and O–H groups in total. The molecule has 1 atom stereocenters. The van der Waals surface area contributed by atoms with Crippen LogP contribution in [-0.2, 0) is 27.3 Å². The number of carbonyl (C=O) groups excluding carboxylic acids is 1. The zero-order valence-electron chi connectivity index (χ0n) is 22.3. The summed E-state index contributed by atoms with van der Waals surface area (Å²) in [7, 11) is 0. The van der Waals surface area contributed by atoms with Gasteiger partial charge in [0.1, 0.15) is 12.4 Å². The number of ether oxygens (including phenoxy) is 3. The van der Waals surface area contributed by atoms with Crippen molar-refractivity contribution in [1.82, 2.24) is 10.2 Å². The van der Waals surface area contributed by atoms with E-state index in [-0.39, 0.29) is 12.5 Å². The zero-order chi connectivity index (χ0) is 27.9. The molecule has 0 heterocycles. The van der Waals surface area contributed by atoms with Gasteiger partial charge >= 0.3 is 12.0 Å². The lowest BCUT2D eigenvalue weighted by Gasteiger charge is -2.24. The SMILES string of the molecule is CCOC(Cc1ccc(OCCN(CCCOCc2cc(Cl)cc(Cl)c2)C(=O)NCC(C)C)cc1)C(=O)O. The summed E-state index contributed by atoms with van der Waals surface area (Å²) in [5, 5.41) is 13.3. The summed E-state index contributed by atoms with van der Waals surface area (Å²) >= 11 is 12.1. The van der Waals surface area contributed by atoms with Crippen molar-refractivity contribution in [3.63, 3.8) is 0 Å². The Labute approximate surface area is 235 Å². The van der Waals surface area contributed by atoms with Crippen LogP contribution in [0.2, 0.25) is 10.0 Å². The maximum absolute atomic E-state index is 12.7. The number of hydrogen-bond acceptors (Lipinski definition) is 5. The van der Waals surface area contributed by atoms with Crippen LogP contribution in [0.5, 0.6) is 5.75 Å². The van der Waals surface area contributed by atoms with Gasteiger partial charge in [-0.2, -0.15) is 0 Å². The number of carboxylic acids is 1. The standard InChI is InChI=1S/C28H38Cl2N2O6/c1-4-37-26(27(33)34)16-21-6-8-25(9-7-21)38-13-11-32(28(35)31-18-20(2)3)10-5-12-36-19-22-14-23(29)17-24(30)15-22/h6-9,14-15,17,20,26H,4-5,10-13,16,18-19H2,1-3H3,(H,31,35)(H,33,34). The molecule has 0 aliphatic rings. The van der Waals surface area contributed by atoms with Gasteiger partial charge in [-0.05, 0) is 60.7 Å².